The van der Waals surface area contributed by atoms with Gasteiger partial charge < -0.3 is 0 Å². The number of hydrogen-bond acceptors (Lipinski definition) is 0. The molecular formula is C15H13Cl2F. The van der Waals surface area contributed by atoms with Gasteiger partial charge in [-0.05, 0) is 36.6 Å². The Kier molecular flexibility index (Phi) is 3.94. The van der Waals surface area contributed by atoms with Gasteiger partial charge in [-0.2, -0.15) is 0 Å². The highest BCUT2D eigenvalue weighted by Gasteiger charge is 2.17. The molecule has 18 heavy (non-hydrogen) atoms. The van der Waals surface area contributed by atoms with E-state index >= 15 is 0 Å². The van der Waals surface area contributed by atoms with Crippen LogP contribution in [0.5, 0.6) is 0 Å². The molecule has 0 saturated heterocycles. The third-order valence-electron chi connectivity index (χ3n) is 2.95. The third kappa shape index (κ3) is 2.52. The molecule has 0 aromatic heterocycles. The second-order valence-electron chi connectivity index (χ2n) is 4.37. The van der Waals surface area contributed by atoms with E-state index < -0.39 is 11.2 Å². The lowest BCUT2D eigenvalue weighted by Crippen LogP contribution is -1.98. The van der Waals surface area contributed by atoms with Crippen LogP contribution in [0.2, 0.25) is 5.02 Å². The van der Waals surface area contributed by atoms with E-state index in [9.17, 15) is 4.39 Å². The van der Waals surface area contributed by atoms with Crippen molar-refractivity contribution in [3.63, 3.8) is 0 Å². The van der Waals surface area contributed by atoms with Crippen LogP contribution in [0.3, 0.4) is 0 Å². The molecule has 0 heterocycles. The summed E-state index contributed by atoms with van der Waals surface area (Å²) in [4.78, 5) is 0. The van der Waals surface area contributed by atoms with Crippen molar-refractivity contribution < 1.29 is 4.39 Å². The van der Waals surface area contributed by atoms with Crippen molar-refractivity contribution in [2.75, 3.05) is 0 Å². The molecule has 0 fully saturated rings. The van der Waals surface area contributed by atoms with Gasteiger partial charge in [-0.1, -0.05) is 47.5 Å². The minimum absolute atomic E-state index is 0.0949. The van der Waals surface area contributed by atoms with Gasteiger partial charge in [-0.15, -0.1) is 11.6 Å². The summed E-state index contributed by atoms with van der Waals surface area (Å²) in [7, 11) is 0. The van der Waals surface area contributed by atoms with Crippen LogP contribution in [0.15, 0.2) is 36.4 Å². The summed E-state index contributed by atoms with van der Waals surface area (Å²) in [5.41, 5.74) is 3.81. The Hall–Kier alpha value is -1.05. The fourth-order valence-electron chi connectivity index (χ4n) is 1.99. The van der Waals surface area contributed by atoms with Crippen LogP contribution in [-0.4, -0.2) is 0 Å². The zero-order valence-corrected chi connectivity index (χ0v) is 11.7. The molecule has 1 unspecified atom stereocenters. The van der Waals surface area contributed by atoms with Gasteiger partial charge in [0.15, 0.2) is 0 Å². The first kappa shape index (κ1) is 13.4. The second-order valence-corrected chi connectivity index (χ2v) is 5.18. The normalized spacial score (nSPS) is 12.5. The van der Waals surface area contributed by atoms with E-state index in [0.29, 0.717) is 5.56 Å². The highest BCUT2D eigenvalue weighted by Crippen LogP contribution is 2.36. The standard InChI is InChI=1S/C15H13Cl2F/c1-9-6-7-11(10(2)8-9)14(16)12-4-3-5-13(18)15(12)17/h3-8,14H,1-2H3. The topological polar surface area (TPSA) is 0 Å². The van der Waals surface area contributed by atoms with Crippen molar-refractivity contribution in [2.45, 2.75) is 19.2 Å². The minimum atomic E-state index is -0.440. The molecule has 0 aliphatic rings. The van der Waals surface area contributed by atoms with Crippen LogP contribution in [0.1, 0.15) is 27.6 Å². The first-order valence-electron chi connectivity index (χ1n) is 5.66. The predicted octanol–water partition coefficient (Wildman–Crippen LogP) is 5.42. The van der Waals surface area contributed by atoms with E-state index in [-0.39, 0.29) is 5.02 Å². The van der Waals surface area contributed by atoms with Crippen molar-refractivity contribution in [3.8, 4) is 0 Å². The van der Waals surface area contributed by atoms with Crippen LogP contribution in [0.25, 0.3) is 0 Å². The van der Waals surface area contributed by atoms with Crippen molar-refractivity contribution in [2.24, 2.45) is 0 Å². The lowest BCUT2D eigenvalue weighted by molar-refractivity contribution is 0.626. The average molecular weight is 283 g/mol. The molecular weight excluding hydrogens is 270 g/mol. The zero-order valence-electron chi connectivity index (χ0n) is 10.2. The monoisotopic (exact) mass is 282 g/mol. The SMILES string of the molecule is Cc1ccc(C(Cl)c2cccc(F)c2Cl)c(C)c1. The van der Waals surface area contributed by atoms with E-state index in [4.69, 9.17) is 23.2 Å². The van der Waals surface area contributed by atoms with Gasteiger partial charge in [0.1, 0.15) is 5.82 Å². The number of halogens is 3. The molecule has 0 saturated carbocycles. The summed E-state index contributed by atoms with van der Waals surface area (Å²) in [6.07, 6.45) is 0. The van der Waals surface area contributed by atoms with E-state index in [2.05, 4.69) is 6.07 Å². The quantitative estimate of drug-likeness (QED) is 0.645. The lowest BCUT2D eigenvalue weighted by atomic mass is 9.98. The first-order valence-corrected chi connectivity index (χ1v) is 6.47. The highest BCUT2D eigenvalue weighted by molar-refractivity contribution is 6.33. The molecule has 0 radical (unpaired) electrons. The number of hydrogen-bond donors (Lipinski definition) is 0. The molecule has 2 rings (SSSR count). The van der Waals surface area contributed by atoms with Gasteiger partial charge >= 0.3 is 0 Å². The van der Waals surface area contributed by atoms with Crippen molar-refractivity contribution in [1.29, 1.82) is 0 Å². The van der Waals surface area contributed by atoms with Crippen molar-refractivity contribution in [3.05, 3.63) is 69.5 Å². The van der Waals surface area contributed by atoms with Gasteiger partial charge in [0.05, 0.1) is 10.4 Å². The van der Waals surface area contributed by atoms with Crippen LogP contribution in [0.4, 0.5) is 4.39 Å². The smallest absolute Gasteiger partial charge is 0.142 e. The van der Waals surface area contributed by atoms with Gasteiger partial charge in [0.25, 0.3) is 0 Å². The number of alkyl halides is 1. The number of aryl methyl sites for hydroxylation is 2. The summed E-state index contributed by atoms with van der Waals surface area (Å²) < 4.78 is 13.4. The van der Waals surface area contributed by atoms with E-state index in [1.807, 2.05) is 26.0 Å². The van der Waals surface area contributed by atoms with Gasteiger partial charge in [0, 0.05) is 0 Å². The Balaban J connectivity index is 2.48. The Morgan fingerprint density at radius 1 is 1.06 bits per heavy atom. The molecule has 0 bridgehead atoms. The number of rotatable bonds is 2. The molecule has 0 aliphatic carbocycles. The summed E-state index contributed by atoms with van der Waals surface area (Å²) in [6.45, 7) is 4.01. The maximum atomic E-state index is 13.4. The maximum Gasteiger partial charge on any atom is 0.142 e. The van der Waals surface area contributed by atoms with Crippen molar-refractivity contribution >= 4 is 23.2 Å². The molecule has 0 N–H and O–H groups in total. The Bertz CT molecular complexity index is 579. The molecule has 94 valence electrons. The van der Waals surface area contributed by atoms with Crippen LogP contribution >= 0.6 is 23.2 Å². The molecule has 0 nitrogen and oxygen atoms in total. The summed E-state index contributed by atoms with van der Waals surface area (Å²) in [5.74, 6) is -0.440. The predicted molar refractivity (Wildman–Crippen MR) is 75.0 cm³/mol. The van der Waals surface area contributed by atoms with E-state index in [1.165, 1.54) is 11.6 Å². The van der Waals surface area contributed by atoms with Crippen LogP contribution in [-0.2, 0) is 0 Å². The largest absolute Gasteiger partial charge is 0.205 e. The molecule has 2 aromatic rings. The van der Waals surface area contributed by atoms with Crippen LogP contribution in [0, 0.1) is 19.7 Å². The summed E-state index contributed by atoms with van der Waals surface area (Å²) in [6, 6.07) is 10.7. The number of benzene rings is 2. The Morgan fingerprint density at radius 3 is 2.44 bits per heavy atom. The average Bonchev–Trinajstić information content (AvgIpc) is 2.32. The molecule has 0 spiro atoms. The van der Waals surface area contributed by atoms with Crippen LogP contribution < -0.4 is 0 Å². The second kappa shape index (κ2) is 5.29. The van der Waals surface area contributed by atoms with Gasteiger partial charge in [0.2, 0.25) is 0 Å². The molecule has 0 aliphatic heterocycles. The zero-order chi connectivity index (χ0) is 13.3. The Morgan fingerprint density at radius 2 is 1.78 bits per heavy atom. The van der Waals surface area contributed by atoms with E-state index in [0.717, 1.165) is 11.1 Å². The third-order valence-corrected chi connectivity index (χ3v) is 3.82. The Labute approximate surface area is 116 Å². The molecule has 1 atom stereocenters. The van der Waals surface area contributed by atoms with Gasteiger partial charge in [-0.25, -0.2) is 4.39 Å². The fraction of sp³-hybridized carbons (Fsp3) is 0.200. The van der Waals surface area contributed by atoms with E-state index in [1.54, 1.807) is 12.1 Å². The molecule has 0 amide bonds. The maximum absolute atomic E-state index is 13.4. The summed E-state index contributed by atoms with van der Waals surface area (Å²) >= 11 is 12.4. The first-order chi connectivity index (χ1) is 8.50. The van der Waals surface area contributed by atoms with Crippen molar-refractivity contribution in [1.82, 2.24) is 0 Å². The lowest BCUT2D eigenvalue weighted by Gasteiger charge is -2.15. The summed E-state index contributed by atoms with van der Waals surface area (Å²) in [5, 5.41) is -0.341. The molecule has 3 heteroatoms. The molecule has 2 aromatic carbocycles. The highest BCUT2D eigenvalue weighted by atomic mass is 35.5. The van der Waals surface area contributed by atoms with Gasteiger partial charge in [-0.3, -0.25) is 0 Å². The minimum Gasteiger partial charge on any atom is -0.205 e. The fourth-order valence-corrected chi connectivity index (χ4v) is 2.71.